The molecule has 132 valence electrons. The highest BCUT2D eigenvalue weighted by molar-refractivity contribution is 7.16. The molecule has 3 N–H and O–H groups in total. The Morgan fingerprint density at radius 2 is 1.92 bits per heavy atom. The molecule has 0 spiro atoms. The van der Waals surface area contributed by atoms with Crippen LogP contribution >= 0.6 is 36.2 Å². The van der Waals surface area contributed by atoms with E-state index >= 15 is 0 Å². The highest BCUT2D eigenvalue weighted by atomic mass is 35.5. The average Bonchev–Trinajstić information content (AvgIpc) is 3.06. The van der Waals surface area contributed by atoms with Gasteiger partial charge in [0.2, 0.25) is 0 Å². The Bertz CT molecular complexity index is 640. The van der Waals surface area contributed by atoms with Crippen LogP contribution in [0.5, 0.6) is 0 Å². The number of amides is 1. The molecule has 2 heterocycles. The van der Waals surface area contributed by atoms with E-state index in [2.05, 4.69) is 20.3 Å². The van der Waals surface area contributed by atoms with Crippen LogP contribution in [0.15, 0.2) is 24.7 Å². The molecular formula is C15H21Cl2N5OS. The first-order chi connectivity index (χ1) is 10.8. The van der Waals surface area contributed by atoms with E-state index in [1.165, 1.54) is 17.8 Å². The van der Waals surface area contributed by atoms with Crippen LogP contribution in [0.3, 0.4) is 0 Å². The van der Waals surface area contributed by atoms with E-state index in [0.29, 0.717) is 28.2 Å². The molecule has 9 heteroatoms. The van der Waals surface area contributed by atoms with Gasteiger partial charge in [0, 0.05) is 18.4 Å². The summed E-state index contributed by atoms with van der Waals surface area (Å²) >= 11 is 1.31. The molecular weight excluding hydrogens is 369 g/mol. The lowest BCUT2D eigenvalue weighted by atomic mass is 9.84. The van der Waals surface area contributed by atoms with Crippen molar-refractivity contribution >= 4 is 42.1 Å². The van der Waals surface area contributed by atoms with E-state index in [-0.39, 0.29) is 36.8 Å². The van der Waals surface area contributed by atoms with Gasteiger partial charge < -0.3 is 11.1 Å². The molecule has 1 aliphatic rings. The van der Waals surface area contributed by atoms with Gasteiger partial charge in [0.05, 0.1) is 6.20 Å². The van der Waals surface area contributed by atoms with Gasteiger partial charge in [0.25, 0.3) is 5.91 Å². The van der Waals surface area contributed by atoms with Crippen molar-refractivity contribution in [1.29, 1.82) is 0 Å². The summed E-state index contributed by atoms with van der Waals surface area (Å²) in [6.45, 7) is 0.622. The average molecular weight is 390 g/mol. The standard InChI is InChI=1S/C15H19N5OS.2ClH/c16-8-10-4-1-2-5-11(10)20-14(21)12-9-19-15(22-12)13-17-6-3-7-18-13;;/h3,6-7,9-11H,1-2,4-5,8,16H2,(H,20,21);2*1H. The van der Waals surface area contributed by atoms with Crippen molar-refractivity contribution in [3.8, 4) is 10.8 Å². The van der Waals surface area contributed by atoms with E-state index in [4.69, 9.17) is 5.73 Å². The molecule has 2 aromatic rings. The lowest BCUT2D eigenvalue weighted by Crippen LogP contribution is -2.44. The van der Waals surface area contributed by atoms with E-state index < -0.39 is 0 Å². The van der Waals surface area contributed by atoms with Crippen LogP contribution < -0.4 is 11.1 Å². The van der Waals surface area contributed by atoms with E-state index in [1.807, 2.05) is 0 Å². The van der Waals surface area contributed by atoms with Crippen LogP contribution in [0.2, 0.25) is 0 Å². The molecule has 1 amide bonds. The van der Waals surface area contributed by atoms with Crippen molar-refractivity contribution in [3.05, 3.63) is 29.5 Å². The molecule has 0 radical (unpaired) electrons. The number of hydrogen-bond acceptors (Lipinski definition) is 6. The van der Waals surface area contributed by atoms with Gasteiger partial charge >= 0.3 is 0 Å². The van der Waals surface area contributed by atoms with Gasteiger partial charge in [0.15, 0.2) is 10.8 Å². The van der Waals surface area contributed by atoms with E-state index in [9.17, 15) is 4.79 Å². The summed E-state index contributed by atoms with van der Waals surface area (Å²) in [5.41, 5.74) is 5.81. The number of hydrogen-bond donors (Lipinski definition) is 2. The largest absolute Gasteiger partial charge is 0.348 e. The first kappa shape index (κ1) is 20.8. The predicted molar refractivity (Wildman–Crippen MR) is 99.9 cm³/mol. The third kappa shape index (κ3) is 4.86. The normalized spacial score (nSPS) is 19.7. The zero-order valence-corrected chi connectivity index (χ0v) is 15.5. The predicted octanol–water partition coefficient (Wildman–Crippen LogP) is 2.69. The van der Waals surface area contributed by atoms with Gasteiger partial charge in [-0.3, -0.25) is 4.79 Å². The minimum atomic E-state index is -0.0787. The van der Waals surface area contributed by atoms with Gasteiger partial charge in [-0.15, -0.1) is 36.2 Å². The Kier molecular flexibility index (Phi) is 8.55. The second-order valence-corrected chi connectivity index (χ2v) is 6.49. The van der Waals surface area contributed by atoms with Crippen molar-refractivity contribution in [2.24, 2.45) is 11.7 Å². The molecule has 2 unspecified atom stereocenters. The smallest absolute Gasteiger partial charge is 0.263 e. The van der Waals surface area contributed by atoms with Gasteiger partial charge in [-0.05, 0) is 31.4 Å². The highest BCUT2D eigenvalue weighted by Gasteiger charge is 2.26. The third-order valence-corrected chi connectivity index (χ3v) is 5.01. The van der Waals surface area contributed by atoms with Crippen molar-refractivity contribution in [2.45, 2.75) is 31.7 Å². The summed E-state index contributed by atoms with van der Waals surface area (Å²) in [7, 11) is 0. The van der Waals surface area contributed by atoms with E-state index in [0.717, 1.165) is 19.3 Å². The summed E-state index contributed by atoms with van der Waals surface area (Å²) in [5, 5.41) is 3.77. The number of carbonyl (C=O) groups excluding carboxylic acids is 1. The number of thiazole rings is 1. The third-order valence-electron chi connectivity index (χ3n) is 4.01. The molecule has 1 saturated carbocycles. The fraction of sp³-hybridized carbons (Fsp3) is 0.467. The second kappa shape index (κ2) is 9.88. The molecule has 6 nitrogen and oxygen atoms in total. The van der Waals surface area contributed by atoms with Crippen LogP contribution in [0.4, 0.5) is 0 Å². The molecule has 24 heavy (non-hydrogen) atoms. The molecule has 0 bridgehead atoms. The Labute approximate surface area is 157 Å². The molecule has 1 aliphatic carbocycles. The molecule has 0 saturated heterocycles. The SMILES string of the molecule is Cl.Cl.NCC1CCCCC1NC(=O)c1cnc(-c2ncccn2)s1. The number of nitrogens with two attached hydrogens (primary N) is 1. The lowest BCUT2D eigenvalue weighted by molar-refractivity contribution is 0.0912. The Morgan fingerprint density at radius 1 is 1.21 bits per heavy atom. The monoisotopic (exact) mass is 389 g/mol. The van der Waals surface area contributed by atoms with Crippen LogP contribution in [-0.2, 0) is 0 Å². The van der Waals surface area contributed by atoms with Crippen molar-refractivity contribution in [1.82, 2.24) is 20.3 Å². The van der Waals surface area contributed by atoms with Crippen molar-refractivity contribution in [2.75, 3.05) is 6.54 Å². The van der Waals surface area contributed by atoms with Crippen molar-refractivity contribution < 1.29 is 4.79 Å². The highest BCUT2D eigenvalue weighted by Crippen LogP contribution is 2.25. The van der Waals surface area contributed by atoms with Gasteiger partial charge in [-0.25, -0.2) is 15.0 Å². The van der Waals surface area contributed by atoms with Gasteiger partial charge in [-0.1, -0.05) is 12.8 Å². The quantitative estimate of drug-likeness (QED) is 0.837. The number of carbonyl (C=O) groups is 1. The number of nitrogens with zero attached hydrogens (tertiary/aromatic N) is 3. The Hall–Kier alpha value is -1.28. The first-order valence-electron chi connectivity index (χ1n) is 7.52. The molecule has 2 atom stereocenters. The number of nitrogens with one attached hydrogen (secondary N) is 1. The summed E-state index contributed by atoms with van der Waals surface area (Å²) in [6.07, 6.45) is 9.35. The second-order valence-electron chi connectivity index (χ2n) is 5.46. The van der Waals surface area contributed by atoms with Gasteiger partial charge in [0.1, 0.15) is 4.88 Å². The zero-order valence-electron chi connectivity index (χ0n) is 13.1. The fourth-order valence-corrected chi connectivity index (χ4v) is 3.58. The fourth-order valence-electron chi connectivity index (χ4n) is 2.81. The maximum atomic E-state index is 12.4. The topological polar surface area (TPSA) is 93.8 Å². The number of aromatic nitrogens is 3. The molecule has 2 aromatic heterocycles. The minimum absolute atomic E-state index is 0. The minimum Gasteiger partial charge on any atom is -0.348 e. The van der Waals surface area contributed by atoms with Gasteiger partial charge in [-0.2, -0.15) is 0 Å². The van der Waals surface area contributed by atoms with E-state index in [1.54, 1.807) is 24.7 Å². The van der Waals surface area contributed by atoms with Crippen LogP contribution in [0, 0.1) is 5.92 Å². The molecule has 3 rings (SSSR count). The van der Waals surface area contributed by atoms with Crippen molar-refractivity contribution in [3.63, 3.8) is 0 Å². The summed E-state index contributed by atoms with van der Waals surface area (Å²) in [6, 6.07) is 1.92. The summed E-state index contributed by atoms with van der Waals surface area (Å²) < 4.78 is 0. The summed E-state index contributed by atoms with van der Waals surface area (Å²) in [5.74, 6) is 0.844. The Morgan fingerprint density at radius 3 is 2.62 bits per heavy atom. The Balaban J connectivity index is 0.00000144. The summed E-state index contributed by atoms with van der Waals surface area (Å²) in [4.78, 5) is 25.5. The maximum Gasteiger partial charge on any atom is 0.263 e. The van der Waals surface area contributed by atoms with Crippen LogP contribution in [-0.4, -0.2) is 33.4 Å². The number of halogens is 2. The molecule has 1 fully saturated rings. The van der Waals surface area contributed by atoms with Crippen LogP contribution in [0.25, 0.3) is 10.8 Å². The molecule has 0 aliphatic heterocycles. The van der Waals surface area contributed by atoms with Crippen LogP contribution in [0.1, 0.15) is 35.4 Å². The lowest BCUT2D eigenvalue weighted by Gasteiger charge is -2.31. The number of rotatable bonds is 4. The maximum absolute atomic E-state index is 12.4. The first-order valence-corrected chi connectivity index (χ1v) is 8.33. The molecule has 0 aromatic carbocycles. The zero-order chi connectivity index (χ0) is 15.4.